The van der Waals surface area contributed by atoms with E-state index in [9.17, 15) is 4.79 Å². The Hall–Kier alpha value is -1.35. The monoisotopic (exact) mass is 236 g/mol. The van der Waals surface area contributed by atoms with Crippen molar-refractivity contribution in [3.05, 3.63) is 34.9 Å². The third-order valence-electron chi connectivity index (χ3n) is 2.71. The topological polar surface area (TPSA) is 46.5 Å². The highest BCUT2D eigenvalue weighted by atomic mass is 16.5. The van der Waals surface area contributed by atoms with Crippen LogP contribution in [0.4, 0.5) is 0 Å². The van der Waals surface area contributed by atoms with Gasteiger partial charge in [0.15, 0.2) is 6.10 Å². The first-order chi connectivity index (χ1) is 8.04. The van der Waals surface area contributed by atoms with Crippen molar-refractivity contribution in [2.75, 3.05) is 6.61 Å². The van der Waals surface area contributed by atoms with Gasteiger partial charge in [-0.15, -0.1) is 0 Å². The van der Waals surface area contributed by atoms with Crippen LogP contribution in [0.2, 0.25) is 0 Å². The normalized spacial score (nSPS) is 12.4. The van der Waals surface area contributed by atoms with Gasteiger partial charge in [0, 0.05) is 13.0 Å². The highest BCUT2D eigenvalue weighted by molar-refractivity contribution is 5.72. The van der Waals surface area contributed by atoms with E-state index in [1.54, 1.807) is 0 Å². The molecule has 0 aliphatic heterocycles. The predicted octanol–water partition coefficient (Wildman–Crippen LogP) is 2.73. The number of hydrogen-bond donors (Lipinski definition) is 1. The Balaban J connectivity index is 2.78. The number of benzene rings is 1. The molecule has 0 fully saturated rings. The lowest BCUT2D eigenvalue weighted by atomic mass is 10.00. The van der Waals surface area contributed by atoms with E-state index in [1.165, 1.54) is 0 Å². The molecule has 0 spiro atoms. The van der Waals surface area contributed by atoms with Gasteiger partial charge in [-0.3, -0.25) is 0 Å². The lowest BCUT2D eigenvalue weighted by Crippen LogP contribution is -2.27. The SMILES string of the molecule is CCCOC(Cc1cc(C)ccc1C)C(=O)O. The number of aliphatic carboxylic acids is 1. The molecule has 1 N–H and O–H groups in total. The van der Waals surface area contributed by atoms with Crippen molar-refractivity contribution in [2.45, 2.75) is 39.7 Å². The Kier molecular flexibility index (Phi) is 5.16. The van der Waals surface area contributed by atoms with Gasteiger partial charge in [-0.25, -0.2) is 4.79 Å². The van der Waals surface area contributed by atoms with Gasteiger partial charge in [0.1, 0.15) is 0 Å². The second kappa shape index (κ2) is 6.40. The van der Waals surface area contributed by atoms with Gasteiger partial charge < -0.3 is 9.84 Å². The third kappa shape index (κ3) is 4.19. The number of carboxylic acids is 1. The lowest BCUT2D eigenvalue weighted by Gasteiger charge is -2.15. The van der Waals surface area contributed by atoms with Gasteiger partial charge in [-0.2, -0.15) is 0 Å². The number of hydrogen-bond acceptors (Lipinski definition) is 2. The standard InChI is InChI=1S/C14H20O3/c1-4-7-17-13(14(15)16)9-12-8-10(2)5-6-11(12)3/h5-6,8,13H,4,7,9H2,1-3H3,(H,15,16). The fourth-order valence-corrected chi connectivity index (χ4v) is 1.70. The zero-order valence-corrected chi connectivity index (χ0v) is 10.7. The Morgan fingerprint density at radius 3 is 2.71 bits per heavy atom. The maximum Gasteiger partial charge on any atom is 0.333 e. The maximum atomic E-state index is 11.1. The van der Waals surface area contributed by atoms with Crippen molar-refractivity contribution in [3.63, 3.8) is 0 Å². The third-order valence-corrected chi connectivity index (χ3v) is 2.71. The quantitative estimate of drug-likeness (QED) is 0.826. The predicted molar refractivity (Wildman–Crippen MR) is 67.3 cm³/mol. The molecular formula is C14H20O3. The van der Waals surface area contributed by atoms with Gasteiger partial charge in [-0.1, -0.05) is 30.7 Å². The van der Waals surface area contributed by atoms with Crippen molar-refractivity contribution in [2.24, 2.45) is 0 Å². The largest absolute Gasteiger partial charge is 0.479 e. The first kappa shape index (κ1) is 13.7. The fraction of sp³-hybridized carbons (Fsp3) is 0.500. The summed E-state index contributed by atoms with van der Waals surface area (Å²) >= 11 is 0. The van der Waals surface area contributed by atoms with Crippen LogP contribution in [0.5, 0.6) is 0 Å². The number of carbonyl (C=O) groups is 1. The average Bonchev–Trinajstić information content (AvgIpc) is 2.28. The van der Waals surface area contributed by atoms with Gasteiger partial charge >= 0.3 is 5.97 Å². The Bertz CT molecular complexity index is 385. The molecule has 0 aromatic heterocycles. The van der Waals surface area contributed by atoms with Crippen LogP contribution in [0.1, 0.15) is 30.0 Å². The molecule has 1 unspecified atom stereocenters. The van der Waals surface area contributed by atoms with Crippen LogP contribution >= 0.6 is 0 Å². The maximum absolute atomic E-state index is 11.1. The molecule has 17 heavy (non-hydrogen) atoms. The highest BCUT2D eigenvalue weighted by Gasteiger charge is 2.19. The minimum Gasteiger partial charge on any atom is -0.479 e. The van der Waals surface area contributed by atoms with Crippen molar-refractivity contribution >= 4 is 5.97 Å². The summed E-state index contributed by atoms with van der Waals surface area (Å²) in [6.45, 7) is 6.46. The molecule has 3 nitrogen and oxygen atoms in total. The molecule has 0 saturated carbocycles. The minimum atomic E-state index is -0.889. The smallest absolute Gasteiger partial charge is 0.333 e. The van der Waals surface area contributed by atoms with E-state index in [-0.39, 0.29) is 0 Å². The van der Waals surface area contributed by atoms with Gasteiger partial charge in [0.2, 0.25) is 0 Å². The zero-order valence-electron chi connectivity index (χ0n) is 10.7. The Morgan fingerprint density at radius 2 is 2.12 bits per heavy atom. The molecule has 1 rings (SSSR count). The van der Waals surface area contributed by atoms with E-state index in [0.29, 0.717) is 13.0 Å². The van der Waals surface area contributed by atoms with Crippen LogP contribution in [0.25, 0.3) is 0 Å². The van der Waals surface area contributed by atoms with Crippen LogP contribution in [-0.4, -0.2) is 23.8 Å². The summed E-state index contributed by atoms with van der Waals surface area (Å²) in [6.07, 6.45) is 0.523. The lowest BCUT2D eigenvalue weighted by molar-refractivity contribution is -0.150. The zero-order chi connectivity index (χ0) is 12.8. The van der Waals surface area contributed by atoms with Crippen molar-refractivity contribution in [1.82, 2.24) is 0 Å². The summed E-state index contributed by atoms with van der Waals surface area (Å²) < 4.78 is 5.35. The fourth-order valence-electron chi connectivity index (χ4n) is 1.70. The summed E-state index contributed by atoms with van der Waals surface area (Å²) in [5, 5.41) is 9.10. The molecular weight excluding hydrogens is 216 g/mol. The summed E-state index contributed by atoms with van der Waals surface area (Å²) in [6, 6.07) is 6.07. The number of aryl methyl sites for hydroxylation is 2. The van der Waals surface area contributed by atoms with Crippen LogP contribution < -0.4 is 0 Å². The van der Waals surface area contributed by atoms with Crippen LogP contribution in [0, 0.1) is 13.8 Å². The summed E-state index contributed by atoms with van der Waals surface area (Å²) in [5.74, 6) is -0.889. The first-order valence-electron chi connectivity index (χ1n) is 5.95. The average molecular weight is 236 g/mol. The summed E-state index contributed by atoms with van der Waals surface area (Å²) in [7, 11) is 0. The molecule has 1 atom stereocenters. The van der Waals surface area contributed by atoms with Gasteiger partial charge in [-0.05, 0) is 31.4 Å². The summed E-state index contributed by atoms with van der Waals surface area (Å²) in [5.41, 5.74) is 3.31. The summed E-state index contributed by atoms with van der Waals surface area (Å²) in [4.78, 5) is 11.1. The molecule has 0 amide bonds. The van der Waals surface area contributed by atoms with E-state index < -0.39 is 12.1 Å². The minimum absolute atomic E-state index is 0.433. The van der Waals surface area contributed by atoms with Crippen molar-refractivity contribution in [3.8, 4) is 0 Å². The highest BCUT2D eigenvalue weighted by Crippen LogP contribution is 2.14. The molecule has 0 bridgehead atoms. The van der Waals surface area contributed by atoms with E-state index in [0.717, 1.165) is 23.1 Å². The number of carboxylic acid groups (broad SMARTS) is 1. The molecule has 0 radical (unpaired) electrons. The Labute approximate surface area is 102 Å². The molecule has 94 valence electrons. The molecule has 1 aromatic rings. The number of rotatable bonds is 6. The first-order valence-corrected chi connectivity index (χ1v) is 5.95. The van der Waals surface area contributed by atoms with Crippen LogP contribution in [0.3, 0.4) is 0 Å². The van der Waals surface area contributed by atoms with Gasteiger partial charge in [0.05, 0.1) is 0 Å². The molecule has 0 saturated heterocycles. The van der Waals surface area contributed by atoms with Crippen molar-refractivity contribution in [1.29, 1.82) is 0 Å². The molecule has 0 heterocycles. The van der Waals surface area contributed by atoms with E-state index in [4.69, 9.17) is 9.84 Å². The van der Waals surface area contributed by atoms with E-state index >= 15 is 0 Å². The molecule has 3 heteroatoms. The molecule has 1 aromatic carbocycles. The Morgan fingerprint density at radius 1 is 1.41 bits per heavy atom. The van der Waals surface area contributed by atoms with Gasteiger partial charge in [0.25, 0.3) is 0 Å². The van der Waals surface area contributed by atoms with E-state index in [1.807, 2.05) is 39.0 Å². The molecule has 0 aliphatic rings. The van der Waals surface area contributed by atoms with Crippen LogP contribution in [0.15, 0.2) is 18.2 Å². The van der Waals surface area contributed by atoms with Crippen LogP contribution in [-0.2, 0) is 16.0 Å². The van der Waals surface area contributed by atoms with Crippen molar-refractivity contribution < 1.29 is 14.6 Å². The molecule has 0 aliphatic carbocycles. The number of ether oxygens (including phenoxy) is 1. The second-order valence-electron chi connectivity index (χ2n) is 4.33. The van der Waals surface area contributed by atoms with E-state index in [2.05, 4.69) is 0 Å². The second-order valence-corrected chi connectivity index (χ2v) is 4.33.